The van der Waals surface area contributed by atoms with E-state index in [0.29, 0.717) is 13.1 Å². The first-order chi connectivity index (χ1) is 7.59. The predicted octanol–water partition coefficient (Wildman–Crippen LogP) is 1.41. The predicted molar refractivity (Wildman–Crippen MR) is 65.5 cm³/mol. The van der Waals surface area contributed by atoms with Crippen LogP contribution in [0.1, 0.15) is 11.1 Å². The minimum atomic E-state index is -0.500. The fourth-order valence-electron chi connectivity index (χ4n) is 1.25. The van der Waals surface area contributed by atoms with Crippen LogP contribution in [0.3, 0.4) is 0 Å². The number of carbonyl (C=O) groups excluding carboxylic acids is 1. The Morgan fingerprint density at radius 2 is 2.19 bits per heavy atom. The van der Waals surface area contributed by atoms with E-state index in [4.69, 9.17) is 17.3 Å². The van der Waals surface area contributed by atoms with Gasteiger partial charge in [-0.2, -0.15) is 0 Å². The Balaban J connectivity index is 2.27. The molecule has 0 aliphatic heterocycles. The molecule has 0 atom stereocenters. The van der Waals surface area contributed by atoms with Crippen molar-refractivity contribution >= 4 is 17.6 Å². The van der Waals surface area contributed by atoms with Gasteiger partial charge < -0.3 is 16.4 Å². The van der Waals surface area contributed by atoms with Gasteiger partial charge in [-0.05, 0) is 24.1 Å². The van der Waals surface area contributed by atoms with Gasteiger partial charge in [0.05, 0.1) is 0 Å². The quantitative estimate of drug-likeness (QED) is 0.683. The lowest BCUT2D eigenvalue weighted by Crippen LogP contribution is -2.35. The first kappa shape index (κ1) is 12.8. The molecule has 0 heterocycles. The number of rotatable bonds is 5. The fourth-order valence-corrected chi connectivity index (χ4v) is 1.46. The van der Waals surface area contributed by atoms with Crippen LogP contribution in [0.15, 0.2) is 18.2 Å². The third-order valence-electron chi connectivity index (χ3n) is 2.17. The van der Waals surface area contributed by atoms with E-state index in [-0.39, 0.29) is 0 Å². The van der Waals surface area contributed by atoms with Gasteiger partial charge in [-0.25, -0.2) is 4.79 Å². The van der Waals surface area contributed by atoms with Gasteiger partial charge in [-0.15, -0.1) is 0 Å². The molecule has 1 aromatic rings. The molecule has 1 aromatic carbocycles. The highest BCUT2D eigenvalue weighted by molar-refractivity contribution is 6.31. The largest absolute Gasteiger partial charge is 0.352 e. The van der Waals surface area contributed by atoms with E-state index < -0.39 is 6.03 Å². The number of hydrogen-bond donors (Lipinski definition) is 3. The molecule has 4 nitrogen and oxygen atoms in total. The third-order valence-corrected chi connectivity index (χ3v) is 2.57. The average Bonchev–Trinajstić information content (AvgIpc) is 2.22. The molecule has 4 N–H and O–H groups in total. The highest BCUT2D eigenvalue weighted by Gasteiger charge is 1.97. The van der Waals surface area contributed by atoms with Gasteiger partial charge in [0.2, 0.25) is 0 Å². The molecule has 0 fully saturated rings. The lowest BCUT2D eigenvalue weighted by atomic mass is 10.1. The Labute approximate surface area is 100 Å². The summed E-state index contributed by atoms with van der Waals surface area (Å²) >= 11 is 5.99. The van der Waals surface area contributed by atoms with Gasteiger partial charge in [-0.1, -0.05) is 23.7 Å². The van der Waals surface area contributed by atoms with Gasteiger partial charge in [0.25, 0.3) is 0 Å². The summed E-state index contributed by atoms with van der Waals surface area (Å²) in [5.74, 6) is 0. The second-order valence-corrected chi connectivity index (χ2v) is 3.96. The molecule has 0 aliphatic carbocycles. The summed E-state index contributed by atoms with van der Waals surface area (Å²) in [6, 6.07) is 5.45. The van der Waals surface area contributed by atoms with Crippen molar-refractivity contribution in [1.82, 2.24) is 10.6 Å². The summed E-state index contributed by atoms with van der Waals surface area (Å²) in [6.07, 6.45) is 0. The molecule has 1 rings (SSSR count). The number of benzene rings is 1. The van der Waals surface area contributed by atoms with Gasteiger partial charge in [0, 0.05) is 24.7 Å². The summed E-state index contributed by atoms with van der Waals surface area (Å²) in [4.78, 5) is 10.4. The maximum absolute atomic E-state index is 10.4. The summed E-state index contributed by atoms with van der Waals surface area (Å²) in [5.41, 5.74) is 7.12. The number of halogens is 1. The Morgan fingerprint density at radius 3 is 2.81 bits per heavy atom. The number of primary amides is 1. The number of amides is 2. The van der Waals surface area contributed by atoms with Crippen LogP contribution in [-0.4, -0.2) is 19.1 Å². The van der Waals surface area contributed by atoms with Crippen molar-refractivity contribution < 1.29 is 4.79 Å². The maximum atomic E-state index is 10.4. The van der Waals surface area contributed by atoms with E-state index >= 15 is 0 Å². The second kappa shape index (κ2) is 6.35. The molecule has 0 bridgehead atoms. The number of nitrogens with two attached hydrogens (primary N) is 1. The van der Waals surface area contributed by atoms with Crippen molar-refractivity contribution in [3.63, 3.8) is 0 Å². The zero-order valence-corrected chi connectivity index (χ0v) is 9.97. The van der Waals surface area contributed by atoms with E-state index in [1.807, 2.05) is 25.1 Å². The SMILES string of the molecule is Cc1ccc(CNCCNC(N)=O)cc1Cl. The van der Waals surface area contributed by atoms with E-state index in [2.05, 4.69) is 10.6 Å². The Kier molecular flexibility index (Phi) is 5.08. The Bertz CT molecular complexity index is 368. The van der Waals surface area contributed by atoms with Crippen molar-refractivity contribution in [2.45, 2.75) is 13.5 Å². The molecule has 5 heteroatoms. The molecule has 0 saturated heterocycles. The third kappa shape index (κ3) is 4.51. The molecular formula is C11H16ClN3O. The van der Waals surface area contributed by atoms with Crippen LogP contribution in [0.25, 0.3) is 0 Å². The van der Waals surface area contributed by atoms with Crippen molar-refractivity contribution in [1.29, 1.82) is 0 Å². The molecule has 0 aromatic heterocycles. The lowest BCUT2D eigenvalue weighted by molar-refractivity contribution is 0.249. The normalized spacial score (nSPS) is 10.1. The Hall–Kier alpha value is -1.26. The lowest BCUT2D eigenvalue weighted by Gasteiger charge is -2.06. The first-order valence-corrected chi connectivity index (χ1v) is 5.46. The van der Waals surface area contributed by atoms with Crippen LogP contribution in [0.5, 0.6) is 0 Å². The van der Waals surface area contributed by atoms with Gasteiger partial charge in [-0.3, -0.25) is 0 Å². The molecule has 88 valence electrons. The highest BCUT2D eigenvalue weighted by atomic mass is 35.5. The van der Waals surface area contributed by atoms with Crippen LogP contribution in [0, 0.1) is 6.92 Å². The maximum Gasteiger partial charge on any atom is 0.312 e. The summed E-state index contributed by atoms with van der Waals surface area (Å²) in [5, 5.41) is 6.45. The Morgan fingerprint density at radius 1 is 1.44 bits per heavy atom. The smallest absolute Gasteiger partial charge is 0.312 e. The molecule has 16 heavy (non-hydrogen) atoms. The topological polar surface area (TPSA) is 67.2 Å². The van der Waals surface area contributed by atoms with Crippen LogP contribution >= 0.6 is 11.6 Å². The average molecular weight is 242 g/mol. The minimum absolute atomic E-state index is 0.500. The number of carbonyl (C=O) groups is 1. The zero-order chi connectivity index (χ0) is 12.0. The van der Waals surface area contributed by atoms with E-state index in [0.717, 1.165) is 22.7 Å². The molecule has 0 saturated carbocycles. The van der Waals surface area contributed by atoms with Gasteiger partial charge in [0.1, 0.15) is 0 Å². The standard InChI is InChI=1S/C11H16ClN3O/c1-8-2-3-9(6-10(8)12)7-14-4-5-15-11(13)16/h2-3,6,14H,4-5,7H2,1H3,(H3,13,15,16). The van der Waals surface area contributed by atoms with E-state index in [1.165, 1.54) is 0 Å². The van der Waals surface area contributed by atoms with Crippen molar-refractivity contribution in [3.8, 4) is 0 Å². The molecule has 0 spiro atoms. The number of nitrogens with one attached hydrogen (secondary N) is 2. The fraction of sp³-hybridized carbons (Fsp3) is 0.364. The van der Waals surface area contributed by atoms with Gasteiger partial charge in [0.15, 0.2) is 0 Å². The minimum Gasteiger partial charge on any atom is -0.352 e. The van der Waals surface area contributed by atoms with Crippen molar-refractivity contribution in [2.24, 2.45) is 5.73 Å². The zero-order valence-electron chi connectivity index (χ0n) is 9.22. The monoisotopic (exact) mass is 241 g/mol. The van der Waals surface area contributed by atoms with Crippen LogP contribution in [0.2, 0.25) is 5.02 Å². The van der Waals surface area contributed by atoms with Crippen LogP contribution in [0.4, 0.5) is 4.79 Å². The molecule has 0 aliphatic rings. The van der Waals surface area contributed by atoms with Gasteiger partial charge >= 0.3 is 6.03 Å². The van der Waals surface area contributed by atoms with Crippen molar-refractivity contribution in [3.05, 3.63) is 34.3 Å². The number of aryl methyl sites for hydroxylation is 1. The summed E-state index contributed by atoms with van der Waals surface area (Å²) < 4.78 is 0. The summed E-state index contributed by atoms with van der Waals surface area (Å²) in [6.45, 7) is 3.89. The molecule has 0 unspecified atom stereocenters. The summed E-state index contributed by atoms with van der Waals surface area (Å²) in [7, 11) is 0. The number of hydrogen-bond acceptors (Lipinski definition) is 2. The molecular weight excluding hydrogens is 226 g/mol. The highest BCUT2D eigenvalue weighted by Crippen LogP contribution is 2.16. The van der Waals surface area contributed by atoms with Crippen LogP contribution in [-0.2, 0) is 6.54 Å². The van der Waals surface area contributed by atoms with E-state index in [1.54, 1.807) is 0 Å². The number of urea groups is 1. The van der Waals surface area contributed by atoms with Crippen LogP contribution < -0.4 is 16.4 Å². The second-order valence-electron chi connectivity index (χ2n) is 3.55. The van der Waals surface area contributed by atoms with E-state index in [9.17, 15) is 4.79 Å². The molecule has 2 amide bonds. The first-order valence-electron chi connectivity index (χ1n) is 5.08. The molecule has 0 radical (unpaired) electrons. The van der Waals surface area contributed by atoms with Crippen molar-refractivity contribution in [2.75, 3.05) is 13.1 Å².